The van der Waals surface area contributed by atoms with E-state index in [9.17, 15) is 0 Å². The van der Waals surface area contributed by atoms with Crippen molar-refractivity contribution in [3.8, 4) is 0 Å². The Morgan fingerprint density at radius 2 is 1.83 bits per heavy atom. The molecule has 0 amide bonds. The Morgan fingerprint density at radius 1 is 1.17 bits per heavy atom. The topological polar surface area (TPSA) is 39.3 Å². The van der Waals surface area contributed by atoms with Gasteiger partial charge in [-0.2, -0.15) is 0 Å². The molecule has 0 aromatic carbocycles. The molecule has 0 radical (unpaired) electrons. The summed E-state index contributed by atoms with van der Waals surface area (Å²) in [4.78, 5) is 2.22. The van der Waals surface area contributed by atoms with Gasteiger partial charge in [-0.3, -0.25) is 20.9 Å². The second-order valence-corrected chi connectivity index (χ2v) is 2.89. The van der Waals surface area contributed by atoms with E-state index in [2.05, 4.69) is 20.9 Å². The number of rotatable bonds is 2. The number of halogens is 1. The molecule has 1 saturated heterocycles. The molecule has 5 heteroatoms. The van der Waals surface area contributed by atoms with Gasteiger partial charge in [-0.25, -0.2) is 0 Å². The van der Waals surface area contributed by atoms with Crippen molar-refractivity contribution in [2.24, 2.45) is 0 Å². The molecular weight excluding hydrogens is 176 g/mol. The van der Waals surface area contributed by atoms with Gasteiger partial charge in [0.25, 0.3) is 0 Å². The van der Waals surface area contributed by atoms with Crippen LogP contribution in [0.4, 0.5) is 0 Å². The zero-order chi connectivity index (χ0) is 8.65. The minimum absolute atomic E-state index is 0.841. The number of hydrogen-bond acceptors (Lipinski definition) is 4. The first kappa shape index (κ1) is 9.95. The fraction of sp³-hybridized carbons (Fsp3) is 0.714. The Balaban J connectivity index is 2.20. The Bertz CT molecular complexity index is 131. The lowest BCUT2D eigenvalue weighted by atomic mass is 10.5. The Labute approximate surface area is 77.9 Å². The second-order valence-electron chi connectivity index (χ2n) is 2.63. The maximum Gasteiger partial charge on any atom is 0.0505 e. The van der Waals surface area contributed by atoms with E-state index in [1.165, 1.54) is 0 Å². The maximum atomic E-state index is 5.43. The van der Waals surface area contributed by atoms with E-state index < -0.39 is 0 Å². The fourth-order valence-electron chi connectivity index (χ4n) is 1.04. The van der Waals surface area contributed by atoms with Gasteiger partial charge in [-0.15, -0.1) is 0 Å². The lowest BCUT2D eigenvalue weighted by Crippen LogP contribution is -2.49. The Morgan fingerprint density at radius 3 is 2.42 bits per heavy atom. The standard InChI is InChI=1S/C7H15ClN4/c8-2-1-3-12-6-10-4-9-5-11-7-12/h1-2,9-11H,3-7H2. The van der Waals surface area contributed by atoms with Gasteiger partial charge in [0.05, 0.1) is 13.3 Å². The highest BCUT2D eigenvalue weighted by molar-refractivity contribution is 6.25. The van der Waals surface area contributed by atoms with Crippen molar-refractivity contribution in [1.82, 2.24) is 20.9 Å². The molecule has 0 saturated carbocycles. The van der Waals surface area contributed by atoms with Crippen molar-refractivity contribution in [2.75, 3.05) is 33.2 Å². The van der Waals surface area contributed by atoms with E-state index in [1.807, 2.05) is 6.08 Å². The molecular formula is C7H15ClN4. The average molecular weight is 191 g/mol. The summed E-state index contributed by atoms with van der Waals surface area (Å²) in [6.07, 6.45) is 1.93. The number of nitrogens with one attached hydrogen (secondary N) is 3. The summed E-state index contributed by atoms with van der Waals surface area (Å²) in [5.41, 5.74) is 1.55. The summed E-state index contributed by atoms with van der Waals surface area (Å²) < 4.78 is 0. The molecule has 0 spiro atoms. The van der Waals surface area contributed by atoms with Crippen molar-refractivity contribution >= 4 is 11.6 Å². The van der Waals surface area contributed by atoms with Crippen LogP contribution in [-0.4, -0.2) is 38.1 Å². The lowest BCUT2D eigenvalue weighted by molar-refractivity contribution is 0.233. The smallest absolute Gasteiger partial charge is 0.0505 e. The first-order chi connectivity index (χ1) is 5.93. The highest BCUT2D eigenvalue weighted by atomic mass is 35.5. The summed E-state index contributed by atoms with van der Waals surface area (Å²) >= 11 is 5.43. The summed E-state index contributed by atoms with van der Waals surface area (Å²) in [6, 6.07) is 0. The highest BCUT2D eigenvalue weighted by Gasteiger charge is 2.03. The van der Waals surface area contributed by atoms with Crippen LogP contribution in [0, 0.1) is 0 Å². The molecule has 4 nitrogen and oxygen atoms in total. The largest absolute Gasteiger partial charge is 0.292 e. The third-order valence-corrected chi connectivity index (χ3v) is 1.80. The summed E-state index contributed by atoms with van der Waals surface area (Å²) in [5, 5.41) is 9.66. The number of nitrogens with zero attached hydrogens (tertiary/aromatic N) is 1. The van der Waals surface area contributed by atoms with E-state index >= 15 is 0 Å². The van der Waals surface area contributed by atoms with Gasteiger partial charge < -0.3 is 0 Å². The lowest BCUT2D eigenvalue weighted by Gasteiger charge is -2.24. The minimum Gasteiger partial charge on any atom is -0.292 e. The van der Waals surface area contributed by atoms with Crippen LogP contribution in [0.3, 0.4) is 0 Å². The molecule has 0 aliphatic carbocycles. The van der Waals surface area contributed by atoms with Gasteiger partial charge >= 0.3 is 0 Å². The van der Waals surface area contributed by atoms with Gasteiger partial charge in [0, 0.05) is 25.4 Å². The van der Waals surface area contributed by atoms with Crippen molar-refractivity contribution < 1.29 is 0 Å². The third-order valence-electron chi connectivity index (χ3n) is 1.62. The SMILES string of the molecule is ClC=CCN1CNCNCNC1. The van der Waals surface area contributed by atoms with Gasteiger partial charge in [0.1, 0.15) is 0 Å². The zero-order valence-electron chi connectivity index (χ0n) is 7.02. The molecule has 3 N–H and O–H groups in total. The highest BCUT2D eigenvalue weighted by Crippen LogP contribution is 1.87. The Kier molecular flexibility index (Phi) is 5.30. The van der Waals surface area contributed by atoms with Crippen LogP contribution in [0.5, 0.6) is 0 Å². The van der Waals surface area contributed by atoms with Crippen molar-refractivity contribution in [1.29, 1.82) is 0 Å². The molecule has 12 heavy (non-hydrogen) atoms. The van der Waals surface area contributed by atoms with Crippen LogP contribution >= 0.6 is 11.6 Å². The van der Waals surface area contributed by atoms with Crippen molar-refractivity contribution in [3.05, 3.63) is 11.6 Å². The quantitative estimate of drug-likeness (QED) is 0.557. The molecule has 0 aromatic heterocycles. The third kappa shape index (κ3) is 4.04. The van der Waals surface area contributed by atoms with Crippen LogP contribution in [-0.2, 0) is 0 Å². The molecule has 0 unspecified atom stereocenters. The fourth-order valence-corrected chi connectivity index (χ4v) is 1.12. The molecule has 1 heterocycles. The molecule has 0 bridgehead atoms. The maximum absolute atomic E-state index is 5.43. The molecule has 0 aromatic rings. The molecule has 0 atom stereocenters. The van der Waals surface area contributed by atoms with Crippen LogP contribution in [0.1, 0.15) is 0 Å². The first-order valence-electron chi connectivity index (χ1n) is 4.03. The normalized spacial score (nSPS) is 22.4. The van der Waals surface area contributed by atoms with E-state index in [4.69, 9.17) is 11.6 Å². The summed E-state index contributed by atoms with van der Waals surface area (Å²) in [7, 11) is 0. The second kappa shape index (κ2) is 6.39. The van der Waals surface area contributed by atoms with Gasteiger partial charge in [0.2, 0.25) is 0 Å². The van der Waals surface area contributed by atoms with E-state index in [-0.39, 0.29) is 0 Å². The van der Waals surface area contributed by atoms with Crippen LogP contribution in [0.15, 0.2) is 11.6 Å². The molecule has 1 aliphatic rings. The van der Waals surface area contributed by atoms with Crippen molar-refractivity contribution in [3.63, 3.8) is 0 Å². The predicted octanol–water partition coefficient (Wildman–Crippen LogP) is -0.347. The summed E-state index contributed by atoms with van der Waals surface area (Å²) in [5.74, 6) is 0. The predicted molar refractivity (Wildman–Crippen MR) is 50.6 cm³/mol. The summed E-state index contributed by atoms with van der Waals surface area (Å²) in [6.45, 7) is 4.31. The first-order valence-corrected chi connectivity index (χ1v) is 4.47. The van der Waals surface area contributed by atoms with Gasteiger partial charge in [-0.1, -0.05) is 17.7 Å². The van der Waals surface area contributed by atoms with Crippen molar-refractivity contribution in [2.45, 2.75) is 0 Å². The Hall–Kier alpha value is -0.130. The molecule has 1 fully saturated rings. The van der Waals surface area contributed by atoms with E-state index in [0.29, 0.717) is 0 Å². The van der Waals surface area contributed by atoms with Crippen LogP contribution in [0.2, 0.25) is 0 Å². The molecule has 1 rings (SSSR count). The zero-order valence-corrected chi connectivity index (χ0v) is 7.77. The average Bonchev–Trinajstić information content (AvgIpc) is 2.02. The molecule has 70 valence electrons. The van der Waals surface area contributed by atoms with Crippen LogP contribution < -0.4 is 16.0 Å². The van der Waals surface area contributed by atoms with E-state index in [0.717, 1.165) is 33.2 Å². The van der Waals surface area contributed by atoms with E-state index in [1.54, 1.807) is 5.54 Å². The van der Waals surface area contributed by atoms with Gasteiger partial charge in [0.15, 0.2) is 0 Å². The van der Waals surface area contributed by atoms with Crippen LogP contribution in [0.25, 0.3) is 0 Å². The van der Waals surface area contributed by atoms with Gasteiger partial charge in [-0.05, 0) is 0 Å². The monoisotopic (exact) mass is 190 g/mol. The minimum atomic E-state index is 0.841. The molecule has 1 aliphatic heterocycles. The number of hydrogen-bond donors (Lipinski definition) is 3.